The number of ketones is 1. The Kier molecular flexibility index (Phi) is 4.28. The summed E-state index contributed by atoms with van der Waals surface area (Å²) < 4.78 is 37.2. The zero-order valence-electron chi connectivity index (χ0n) is 9.29. The second-order valence-electron chi connectivity index (χ2n) is 3.77. The largest absolute Gasteiger partial charge is 0.416 e. The molecular formula is C12H13F3O2. The molecule has 0 aliphatic carbocycles. The summed E-state index contributed by atoms with van der Waals surface area (Å²) in [7, 11) is 0. The van der Waals surface area contributed by atoms with E-state index in [1.165, 1.54) is 12.1 Å². The molecular weight excluding hydrogens is 233 g/mol. The van der Waals surface area contributed by atoms with Gasteiger partial charge < -0.3 is 5.11 Å². The van der Waals surface area contributed by atoms with Gasteiger partial charge in [-0.25, -0.2) is 0 Å². The third-order valence-corrected chi connectivity index (χ3v) is 2.39. The minimum absolute atomic E-state index is 0.182. The summed E-state index contributed by atoms with van der Waals surface area (Å²) in [5.41, 5.74) is -0.522. The standard InChI is InChI=1S/C12H13F3O2/c1-2-10(16)11(17)7-8-4-3-5-9(6-8)12(13,14)15/h3-6,10,16H,2,7H2,1H3. The van der Waals surface area contributed by atoms with Crippen molar-refractivity contribution >= 4 is 5.78 Å². The van der Waals surface area contributed by atoms with Crippen molar-refractivity contribution in [1.82, 2.24) is 0 Å². The molecule has 1 aromatic rings. The summed E-state index contributed by atoms with van der Waals surface area (Å²) in [6.45, 7) is 1.63. The smallest absolute Gasteiger partial charge is 0.385 e. The monoisotopic (exact) mass is 246 g/mol. The lowest BCUT2D eigenvalue weighted by atomic mass is 10.0. The molecule has 2 nitrogen and oxygen atoms in total. The Morgan fingerprint density at radius 1 is 1.41 bits per heavy atom. The summed E-state index contributed by atoms with van der Waals surface area (Å²) in [5, 5.41) is 9.25. The van der Waals surface area contributed by atoms with Crippen LogP contribution in [0.4, 0.5) is 13.2 Å². The molecule has 0 fully saturated rings. The fraction of sp³-hybridized carbons (Fsp3) is 0.417. The Balaban J connectivity index is 2.83. The normalized spacial score (nSPS) is 13.5. The van der Waals surface area contributed by atoms with Crippen molar-refractivity contribution < 1.29 is 23.1 Å². The average Bonchev–Trinajstić information content (AvgIpc) is 2.27. The van der Waals surface area contributed by atoms with Gasteiger partial charge >= 0.3 is 6.18 Å². The molecule has 94 valence electrons. The van der Waals surface area contributed by atoms with E-state index in [0.29, 0.717) is 0 Å². The van der Waals surface area contributed by atoms with Crippen LogP contribution in [-0.2, 0) is 17.4 Å². The zero-order valence-corrected chi connectivity index (χ0v) is 9.29. The molecule has 0 heterocycles. The van der Waals surface area contributed by atoms with E-state index in [1.54, 1.807) is 6.92 Å². The zero-order chi connectivity index (χ0) is 13.1. The predicted molar refractivity (Wildman–Crippen MR) is 56.5 cm³/mol. The van der Waals surface area contributed by atoms with Gasteiger partial charge in [-0.2, -0.15) is 13.2 Å². The first-order chi connectivity index (χ1) is 7.84. The summed E-state index contributed by atoms with van der Waals surface area (Å²) in [4.78, 5) is 11.4. The van der Waals surface area contributed by atoms with Gasteiger partial charge in [0, 0.05) is 6.42 Å². The molecule has 1 N–H and O–H groups in total. The molecule has 17 heavy (non-hydrogen) atoms. The fourth-order valence-corrected chi connectivity index (χ4v) is 1.40. The minimum Gasteiger partial charge on any atom is -0.385 e. The number of alkyl halides is 3. The Bertz CT molecular complexity index is 399. The van der Waals surface area contributed by atoms with Crippen molar-refractivity contribution in [3.05, 3.63) is 35.4 Å². The number of Topliss-reactive ketones (excluding diaryl/α,β-unsaturated/α-hetero) is 1. The summed E-state index contributed by atoms with van der Waals surface area (Å²) in [6, 6.07) is 4.57. The van der Waals surface area contributed by atoms with Crippen LogP contribution in [0, 0.1) is 0 Å². The first kappa shape index (κ1) is 13.7. The molecule has 1 atom stereocenters. The number of rotatable bonds is 4. The van der Waals surface area contributed by atoms with Crippen LogP contribution in [0.3, 0.4) is 0 Å². The van der Waals surface area contributed by atoms with Gasteiger partial charge in [-0.1, -0.05) is 25.1 Å². The number of halogens is 3. The SMILES string of the molecule is CCC(O)C(=O)Cc1cccc(C(F)(F)F)c1. The number of benzene rings is 1. The predicted octanol–water partition coefficient (Wildman–Crippen LogP) is 2.59. The molecule has 0 aromatic heterocycles. The van der Waals surface area contributed by atoms with Crippen molar-refractivity contribution in [2.45, 2.75) is 32.0 Å². The van der Waals surface area contributed by atoms with Gasteiger partial charge in [0.25, 0.3) is 0 Å². The van der Waals surface area contributed by atoms with Gasteiger partial charge in [-0.3, -0.25) is 4.79 Å². The average molecular weight is 246 g/mol. The first-order valence-electron chi connectivity index (χ1n) is 5.21. The quantitative estimate of drug-likeness (QED) is 0.886. The Hall–Kier alpha value is -1.36. The van der Waals surface area contributed by atoms with E-state index in [2.05, 4.69) is 0 Å². The van der Waals surface area contributed by atoms with Crippen LogP contribution in [0.25, 0.3) is 0 Å². The number of carbonyl (C=O) groups is 1. The topological polar surface area (TPSA) is 37.3 Å². The third kappa shape index (κ3) is 3.85. The van der Waals surface area contributed by atoms with Gasteiger partial charge in [0.15, 0.2) is 5.78 Å². The maximum absolute atomic E-state index is 12.4. The lowest BCUT2D eigenvalue weighted by Gasteiger charge is -2.10. The Morgan fingerprint density at radius 3 is 2.59 bits per heavy atom. The Morgan fingerprint density at radius 2 is 2.06 bits per heavy atom. The molecule has 0 aliphatic rings. The van der Waals surface area contributed by atoms with Crippen molar-refractivity contribution in [3.63, 3.8) is 0 Å². The maximum atomic E-state index is 12.4. The van der Waals surface area contributed by atoms with Crippen molar-refractivity contribution in [2.75, 3.05) is 0 Å². The molecule has 0 saturated heterocycles. The minimum atomic E-state index is -4.41. The third-order valence-electron chi connectivity index (χ3n) is 2.39. The number of aliphatic hydroxyl groups excluding tert-OH is 1. The molecule has 0 amide bonds. The van der Waals surface area contributed by atoms with E-state index < -0.39 is 23.6 Å². The second kappa shape index (κ2) is 5.31. The highest BCUT2D eigenvalue weighted by molar-refractivity contribution is 5.84. The Labute approximate surface area is 97.1 Å². The second-order valence-corrected chi connectivity index (χ2v) is 3.77. The summed E-state index contributed by atoms with van der Waals surface area (Å²) >= 11 is 0. The van der Waals surface area contributed by atoms with E-state index in [1.807, 2.05) is 0 Å². The van der Waals surface area contributed by atoms with Gasteiger partial charge in [0.1, 0.15) is 6.10 Å². The lowest BCUT2D eigenvalue weighted by molar-refractivity contribution is -0.137. The number of hydrogen-bond donors (Lipinski definition) is 1. The van der Waals surface area contributed by atoms with Gasteiger partial charge in [-0.05, 0) is 18.1 Å². The molecule has 0 saturated carbocycles. The van der Waals surface area contributed by atoms with Crippen LogP contribution in [0.2, 0.25) is 0 Å². The van der Waals surface area contributed by atoms with Gasteiger partial charge in [-0.15, -0.1) is 0 Å². The van der Waals surface area contributed by atoms with Crippen LogP contribution in [0.15, 0.2) is 24.3 Å². The molecule has 0 radical (unpaired) electrons. The van der Waals surface area contributed by atoms with Crippen molar-refractivity contribution in [1.29, 1.82) is 0 Å². The van der Waals surface area contributed by atoms with Crippen LogP contribution in [0.1, 0.15) is 24.5 Å². The molecule has 1 rings (SSSR count). The van der Waals surface area contributed by atoms with Crippen LogP contribution < -0.4 is 0 Å². The fourth-order valence-electron chi connectivity index (χ4n) is 1.40. The molecule has 1 unspecified atom stereocenters. The van der Waals surface area contributed by atoms with Gasteiger partial charge in [0.05, 0.1) is 5.56 Å². The van der Waals surface area contributed by atoms with E-state index >= 15 is 0 Å². The van der Waals surface area contributed by atoms with Crippen molar-refractivity contribution in [2.24, 2.45) is 0 Å². The van der Waals surface area contributed by atoms with E-state index in [9.17, 15) is 23.1 Å². The highest BCUT2D eigenvalue weighted by Gasteiger charge is 2.30. The molecule has 0 aliphatic heterocycles. The lowest BCUT2D eigenvalue weighted by Crippen LogP contribution is -2.21. The molecule has 5 heteroatoms. The number of aliphatic hydroxyl groups is 1. The van der Waals surface area contributed by atoms with Crippen LogP contribution in [0.5, 0.6) is 0 Å². The van der Waals surface area contributed by atoms with E-state index in [4.69, 9.17) is 0 Å². The number of hydrogen-bond acceptors (Lipinski definition) is 2. The molecule has 0 bridgehead atoms. The van der Waals surface area contributed by atoms with Crippen LogP contribution >= 0.6 is 0 Å². The number of carbonyl (C=O) groups excluding carboxylic acids is 1. The molecule has 1 aromatic carbocycles. The van der Waals surface area contributed by atoms with E-state index in [-0.39, 0.29) is 18.4 Å². The molecule has 0 spiro atoms. The van der Waals surface area contributed by atoms with Crippen molar-refractivity contribution in [3.8, 4) is 0 Å². The van der Waals surface area contributed by atoms with Crippen LogP contribution in [-0.4, -0.2) is 17.0 Å². The summed E-state index contributed by atoms with van der Waals surface area (Å²) in [5.74, 6) is -0.466. The first-order valence-corrected chi connectivity index (χ1v) is 5.21. The van der Waals surface area contributed by atoms with E-state index in [0.717, 1.165) is 12.1 Å². The summed E-state index contributed by atoms with van der Waals surface area (Å²) in [6.07, 6.45) is -5.44. The highest BCUT2D eigenvalue weighted by Crippen LogP contribution is 2.29. The van der Waals surface area contributed by atoms with Gasteiger partial charge in [0.2, 0.25) is 0 Å². The maximum Gasteiger partial charge on any atom is 0.416 e. The highest BCUT2D eigenvalue weighted by atomic mass is 19.4.